The Kier molecular flexibility index (Phi) is 8.90. The van der Waals surface area contributed by atoms with Crippen LogP contribution in [0, 0.1) is 5.41 Å². The largest absolute Gasteiger partial charge is 0.332 e. The Morgan fingerprint density at radius 3 is 2.42 bits per heavy atom. The molecule has 1 amide bonds. The molecule has 0 saturated heterocycles. The highest BCUT2D eigenvalue weighted by Gasteiger charge is 2.15. The van der Waals surface area contributed by atoms with Crippen LogP contribution < -0.4 is 5.32 Å². The summed E-state index contributed by atoms with van der Waals surface area (Å²) >= 11 is 1.72. The normalized spacial score (nSPS) is 13.6. The van der Waals surface area contributed by atoms with Crippen LogP contribution in [0.1, 0.15) is 60.3 Å². The number of hydrogen-bond acceptors (Lipinski definition) is 2. The summed E-state index contributed by atoms with van der Waals surface area (Å²) in [7, 11) is 0. The van der Waals surface area contributed by atoms with E-state index in [1.165, 1.54) is 18.4 Å². The fourth-order valence-corrected chi connectivity index (χ4v) is 2.26. The molecule has 0 radical (unpaired) electrons. The molecule has 0 saturated carbocycles. The lowest BCUT2D eigenvalue weighted by Crippen LogP contribution is -2.23. The first kappa shape index (κ1) is 18.3. The number of allylic oxidation sites excluding steroid dienone is 2. The maximum absolute atomic E-state index is 11.8. The van der Waals surface area contributed by atoms with Gasteiger partial charge in [-0.2, -0.15) is 0 Å². The monoisotopic (exact) mass is 283 g/mol. The number of thioether (sulfide) groups is 1. The Bertz CT molecular complexity index is 337. The van der Waals surface area contributed by atoms with E-state index in [2.05, 4.69) is 51.6 Å². The zero-order chi connectivity index (χ0) is 14.9. The van der Waals surface area contributed by atoms with E-state index in [4.69, 9.17) is 0 Å². The predicted octanol–water partition coefficient (Wildman–Crippen LogP) is 4.88. The lowest BCUT2D eigenvalue weighted by Gasteiger charge is -2.16. The lowest BCUT2D eigenvalue weighted by molar-refractivity contribution is -0.121. The van der Waals surface area contributed by atoms with E-state index in [0.717, 1.165) is 12.0 Å². The summed E-state index contributed by atoms with van der Waals surface area (Å²) in [5.74, 6) is 0.0887. The maximum Gasteiger partial charge on any atom is 0.224 e. The van der Waals surface area contributed by atoms with Gasteiger partial charge in [-0.25, -0.2) is 0 Å². The van der Waals surface area contributed by atoms with E-state index in [9.17, 15) is 4.79 Å². The van der Waals surface area contributed by atoms with Gasteiger partial charge in [-0.15, -0.1) is 11.8 Å². The quantitative estimate of drug-likeness (QED) is 0.675. The minimum Gasteiger partial charge on any atom is -0.332 e. The van der Waals surface area contributed by atoms with Crippen molar-refractivity contribution < 1.29 is 4.79 Å². The Morgan fingerprint density at radius 2 is 1.95 bits per heavy atom. The van der Waals surface area contributed by atoms with Gasteiger partial charge < -0.3 is 5.32 Å². The molecule has 3 heteroatoms. The van der Waals surface area contributed by atoms with Crippen LogP contribution >= 0.6 is 11.8 Å². The Hall–Kier alpha value is -0.700. The number of carbonyl (C=O) groups is 1. The fraction of sp³-hybridized carbons (Fsp3) is 0.688. The summed E-state index contributed by atoms with van der Waals surface area (Å²) in [5, 5.41) is 5.08. The lowest BCUT2D eigenvalue weighted by atomic mass is 9.92. The van der Waals surface area contributed by atoms with Crippen molar-refractivity contribution in [1.82, 2.24) is 5.32 Å². The molecule has 0 aliphatic carbocycles. The van der Waals surface area contributed by atoms with Gasteiger partial charge in [-0.05, 0) is 48.0 Å². The highest BCUT2D eigenvalue weighted by atomic mass is 32.2. The second-order valence-corrected chi connectivity index (χ2v) is 6.82. The summed E-state index contributed by atoms with van der Waals surface area (Å²) in [4.78, 5) is 11.8. The van der Waals surface area contributed by atoms with Crippen LogP contribution in [0.2, 0.25) is 0 Å². The molecule has 110 valence electrons. The molecule has 2 nitrogen and oxygen atoms in total. The van der Waals surface area contributed by atoms with Crippen LogP contribution in [0.5, 0.6) is 0 Å². The summed E-state index contributed by atoms with van der Waals surface area (Å²) in [6.07, 6.45) is 7.92. The van der Waals surface area contributed by atoms with Crippen molar-refractivity contribution in [3.63, 3.8) is 0 Å². The molecule has 0 spiro atoms. The number of carbonyl (C=O) groups excluding carboxylic acids is 1. The standard InChI is InChI=1S/C16H29NOS/c1-7-8-9-14(12-19-6)13(2)11-17-15(18)10-16(3,4)5/h11-12H,7-10H2,1-6H3,(H,17,18)/b13-11+,14-12-. The Balaban J connectivity index is 4.51. The van der Waals surface area contributed by atoms with Crippen molar-refractivity contribution in [3.8, 4) is 0 Å². The Labute approximate surface area is 123 Å². The molecular weight excluding hydrogens is 254 g/mol. The maximum atomic E-state index is 11.8. The van der Waals surface area contributed by atoms with E-state index < -0.39 is 0 Å². The summed E-state index contributed by atoms with van der Waals surface area (Å²) < 4.78 is 0. The molecule has 0 rings (SSSR count). The fourth-order valence-electron chi connectivity index (χ4n) is 1.67. The molecule has 1 N–H and O–H groups in total. The molecule has 0 aromatic carbocycles. The van der Waals surface area contributed by atoms with Gasteiger partial charge in [0.15, 0.2) is 0 Å². The van der Waals surface area contributed by atoms with Crippen molar-refractivity contribution in [2.45, 2.75) is 60.3 Å². The van der Waals surface area contributed by atoms with E-state index in [-0.39, 0.29) is 11.3 Å². The van der Waals surface area contributed by atoms with Crippen LogP contribution in [-0.4, -0.2) is 12.2 Å². The molecule has 19 heavy (non-hydrogen) atoms. The molecule has 0 fully saturated rings. The third-order valence-corrected chi connectivity index (χ3v) is 3.23. The molecule has 0 atom stereocenters. The number of rotatable bonds is 7. The first-order valence-electron chi connectivity index (χ1n) is 6.98. The van der Waals surface area contributed by atoms with Crippen molar-refractivity contribution >= 4 is 17.7 Å². The van der Waals surface area contributed by atoms with Crippen LogP contribution in [0.25, 0.3) is 0 Å². The number of amides is 1. The number of unbranched alkanes of at least 4 members (excludes halogenated alkanes) is 1. The summed E-state index contributed by atoms with van der Waals surface area (Å²) in [6.45, 7) is 10.5. The summed E-state index contributed by atoms with van der Waals surface area (Å²) in [5.41, 5.74) is 2.52. The zero-order valence-corrected chi connectivity index (χ0v) is 14.1. The highest BCUT2D eigenvalue weighted by molar-refractivity contribution is 8.01. The third kappa shape index (κ3) is 9.83. The average Bonchev–Trinajstić information content (AvgIpc) is 2.29. The van der Waals surface area contributed by atoms with Gasteiger partial charge in [0.05, 0.1) is 0 Å². The van der Waals surface area contributed by atoms with Crippen molar-refractivity contribution in [3.05, 3.63) is 22.8 Å². The smallest absolute Gasteiger partial charge is 0.224 e. The van der Waals surface area contributed by atoms with Crippen LogP contribution in [0.15, 0.2) is 22.8 Å². The average molecular weight is 283 g/mol. The Morgan fingerprint density at radius 1 is 1.32 bits per heavy atom. The van der Waals surface area contributed by atoms with Crippen molar-refractivity contribution in [2.75, 3.05) is 6.26 Å². The number of nitrogens with one attached hydrogen (secondary N) is 1. The van der Waals surface area contributed by atoms with Gasteiger partial charge in [-0.3, -0.25) is 4.79 Å². The molecule has 0 aliphatic rings. The van der Waals surface area contributed by atoms with E-state index in [1.54, 1.807) is 11.8 Å². The van der Waals surface area contributed by atoms with Gasteiger partial charge in [-0.1, -0.05) is 34.1 Å². The molecule has 0 aliphatic heterocycles. The van der Waals surface area contributed by atoms with Gasteiger partial charge >= 0.3 is 0 Å². The molecule has 0 bridgehead atoms. The summed E-state index contributed by atoms with van der Waals surface area (Å²) in [6, 6.07) is 0. The zero-order valence-electron chi connectivity index (χ0n) is 13.3. The van der Waals surface area contributed by atoms with E-state index >= 15 is 0 Å². The minimum absolute atomic E-state index is 0.0337. The minimum atomic E-state index is 0.0337. The first-order chi connectivity index (χ1) is 8.80. The van der Waals surface area contributed by atoms with Crippen LogP contribution in [0.4, 0.5) is 0 Å². The van der Waals surface area contributed by atoms with Gasteiger partial charge in [0.1, 0.15) is 0 Å². The second kappa shape index (κ2) is 9.24. The SMILES string of the molecule is CCCCC(=C/SC)/C(C)=C/NC(=O)CC(C)(C)C. The van der Waals surface area contributed by atoms with Crippen molar-refractivity contribution in [1.29, 1.82) is 0 Å². The number of hydrogen-bond donors (Lipinski definition) is 1. The molecular formula is C16H29NOS. The van der Waals surface area contributed by atoms with Gasteiger partial charge in [0, 0.05) is 12.6 Å². The van der Waals surface area contributed by atoms with Gasteiger partial charge in [0.25, 0.3) is 0 Å². The van der Waals surface area contributed by atoms with Crippen molar-refractivity contribution in [2.24, 2.45) is 5.41 Å². The second-order valence-electron chi connectivity index (χ2n) is 6.11. The van der Waals surface area contributed by atoms with Crippen LogP contribution in [-0.2, 0) is 4.79 Å². The van der Waals surface area contributed by atoms with E-state index in [1.807, 2.05) is 6.20 Å². The van der Waals surface area contributed by atoms with Gasteiger partial charge in [0.2, 0.25) is 5.91 Å². The molecule has 0 aromatic rings. The predicted molar refractivity (Wildman–Crippen MR) is 87.1 cm³/mol. The molecule has 0 unspecified atom stereocenters. The topological polar surface area (TPSA) is 29.1 Å². The van der Waals surface area contributed by atoms with E-state index in [0.29, 0.717) is 6.42 Å². The highest BCUT2D eigenvalue weighted by Crippen LogP contribution is 2.20. The first-order valence-corrected chi connectivity index (χ1v) is 8.27. The third-order valence-electron chi connectivity index (χ3n) is 2.71. The molecule has 0 aromatic heterocycles. The molecule has 0 heterocycles. The van der Waals surface area contributed by atoms with Crippen LogP contribution in [0.3, 0.4) is 0 Å².